The number of carbonyl (C=O) groups excluding carboxylic acids is 1. The number of hydrogen-bond donors (Lipinski definition) is 4. The van der Waals surface area contributed by atoms with Crippen molar-refractivity contribution in [3.05, 3.63) is 66.7 Å². The summed E-state index contributed by atoms with van der Waals surface area (Å²) in [5.41, 5.74) is 15.6. The second-order valence-electron chi connectivity index (χ2n) is 7.65. The highest BCUT2D eigenvalue weighted by Crippen LogP contribution is 2.38. The minimum Gasteiger partial charge on any atom is -0.339 e. The molecule has 0 spiro atoms. The fourth-order valence-electron chi connectivity index (χ4n) is 3.71. The Balaban J connectivity index is 1.68. The summed E-state index contributed by atoms with van der Waals surface area (Å²) in [6.45, 7) is 0.552. The normalized spacial score (nSPS) is 12.1. The Labute approximate surface area is 185 Å². The quantitative estimate of drug-likeness (QED) is 0.337. The number of nitrogens with two attached hydrogens (primary N) is 2. The Hall–Kier alpha value is -3.62. The predicted octanol–water partition coefficient (Wildman–Crippen LogP) is 3.83. The number of nitrogens with one attached hydrogen (secondary N) is 2. The summed E-state index contributed by atoms with van der Waals surface area (Å²) in [6, 6.07) is 13.5. The van der Waals surface area contributed by atoms with Crippen molar-refractivity contribution in [2.75, 3.05) is 11.9 Å². The Morgan fingerprint density at radius 3 is 2.53 bits per heavy atom. The van der Waals surface area contributed by atoms with Crippen molar-refractivity contribution in [2.45, 2.75) is 25.3 Å². The average molecular weight is 433 g/mol. The van der Waals surface area contributed by atoms with E-state index in [4.69, 9.17) is 11.5 Å². The molecule has 4 aromatic rings. The smallest absolute Gasteiger partial charge is 0.227 e. The maximum Gasteiger partial charge on any atom is 0.227 e. The van der Waals surface area contributed by atoms with Gasteiger partial charge < -0.3 is 21.8 Å². The van der Waals surface area contributed by atoms with Crippen molar-refractivity contribution in [3.8, 4) is 22.4 Å². The van der Waals surface area contributed by atoms with Crippen LogP contribution in [0.2, 0.25) is 0 Å². The van der Waals surface area contributed by atoms with Gasteiger partial charge in [0.25, 0.3) is 0 Å². The third kappa shape index (κ3) is 4.82. The van der Waals surface area contributed by atoms with Gasteiger partial charge in [-0.3, -0.25) is 9.78 Å². The number of carbonyl (C=O) groups is 1. The minimum atomic E-state index is -0.303. The highest BCUT2D eigenvalue weighted by molar-refractivity contribution is 6.03. The largest absolute Gasteiger partial charge is 0.339 e. The lowest BCUT2D eigenvalue weighted by atomic mass is 10.00. The van der Waals surface area contributed by atoms with Gasteiger partial charge in [-0.2, -0.15) is 0 Å². The van der Waals surface area contributed by atoms with E-state index in [2.05, 4.69) is 20.3 Å². The molecule has 3 aromatic heterocycles. The summed E-state index contributed by atoms with van der Waals surface area (Å²) in [5, 5.41) is 3.70. The number of pyridine rings is 2. The van der Waals surface area contributed by atoms with E-state index in [1.165, 1.54) is 12.1 Å². The van der Waals surface area contributed by atoms with Crippen molar-refractivity contribution in [2.24, 2.45) is 11.5 Å². The summed E-state index contributed by atoms with van der Waals surface area (Å²) >= 11 is 0. The summed E-state index contributed by atoms with van der Waals surface area (Å²) in [5.74, 6) is -0.0640. The zero-order chi connectivity index (χ0) is 22.5. The molecule has 0 aliphatic heterocycles. The third-order valence-corrected chi connectivity index (χ3v) is 5.25. The van der Waals surface area contributed by atoms with E-state index in [1.54, 1.807) is 30.6 Å². The first-order chi connectivity index (χ1) is 15.5. The van der Waals surface area contributed by atoms with Crippen molar-refractivity contribution in [3.63, 3.8) is 0 Å². The number of fused-ring (bicyclic) bond motifs is 1. The maximum absolute atomic E-state index is 13.5. The molecular weight excluding hydrogens is 407 g/mol. The molecule has 0 fully saturated rings. The van der Waals surface area contributed by atoms with Gasteiger partial charge in [0, 0.05) is 35.8 Å². The van der Waals surface area contributed by atoms with Crippen molar-refractivity contribution in [1.29, 1.82) is 0 Å². The molecule has 8 heteroatoms. The number of aromatic nitrogens is 3. The maximum atomic E-state index is 13.5. The topological polar surface area (TPSA) is 123 Å². The first kappa shape index (κ1) is 21.6. The van der Waals surface area contributed by atoms with Gasteiger partial charge in [0.2, 0.25) is 5.91 Å². The van der Waals surface area contributed by atoms with Gasteiger partial charge >= 0.3 is 0 Å². The molecule has 0 saturated carbocycles. The zero-order valence-electron chi connectivity index (χ0n) is 17.5. The number of anilines is 1. The molecule has 164 valence electrons. The van der Waals surface area contributed by atoms with Gasteiger partial charge in [-0.1, -0.05) is 0 Å². The molecule has 1 atom stereocenters. The molecule has 1 amide bonds. The minimum absolute atomic E-state index is 0.193. The fourth-order valence-corrected chi connectivity index (χ4v) is 3.71. The van der Waals surface area contributed by atoms with E-state index < -0.39 is 0 Å². The molecule has 1 aromatic carbocycles. The van der Waals surface area contributed by atoms with Crippen LogP contribution in [0.5, 0.6) is 0 Å². The van der Waals surface area contributed by atoms with Crippen LogP contribution < -0.4 is 16.8 Å². The molecule has 0 aliphatic rings. The Kier molecular flexibility index (Phi) is 6.53. The van der Waals surface area contributed by atoms with Crippen LogP contribution >= 0.6 is 0 Å². The SMILES string of the molecule is NCCC[C@H](N)CC(=O)Nc1ccc2c(-c3ccncc3)c(-c3ccc(F)cc3)[nH]c2n1. The van der Waals surface area contributed by atoms with E-state index in [9.17, 15) is 9.18 Å². The van der Waals surface area contributed by atoms with E-state index in [1.807, 2.05) is 18.2 Å². The first-order valence-electron chi connectivity index (χ1n) is 10.5. The van der Waals surface area contributed by atoms with E-state index in [0.717, 1.165) is 34.2 Å². The number of benzene rings is 1. The van der Waals surface area contributed by atoms with E-state index in [0.29, 0.717) is 24.4 Å². The molecule has 32 heavy (non-hydrogen) atoms. The van der Waals surface area contributed by atoms with Crippen LogP contribution in [-0.4, -0.2) is 33.4 Å². The second kappa shape index (κ2) is 9.67. The summed E-state index contributed by atoms with van der Waals surface area (Å²) in [7, 11) is 0. The van der Waals surface area contributed by atoms with Crippen LogP contribution in [0.15, 0.2) is 60.9 Å². The highest BCUT2D eigenvalue weighted by Gasteiger charge is 2.17. The zero-order valence-corrected chi connectivity index (χ0v) is 17.5. The van der Waals surface area contributed by atoms with Crippen LogP contribution in [0.3, 0.4) is 0 Å². The van der Waals surface area contributed by atoms with Gasteiger partial charge in [0.1, 0.15) is 17.3 Å². The molecule has 0 aliphatic carbocycles. The van der Waals surface area contributed by atoms with Gasteiger partial charge in [0.15, 0.2) is 0 Å². The van der Waals surface area contributed by atoms with Gasteiger partial charge in [0.05, 0.1) is 5.69 Å². The van der Waals surface area contributed by atoms with E-state index in [-0.39, 0.29) is 24.2 Å². The Bertz CT molecular complexity index is 1210. The number of rotatable bonds is 8. The number of hydrogen-bond acceptors (Lipinski definition) is 5. The lowest BCUT2D eigenvalue weighted by molar-refractivity contribution is -0.116. The van der Waals surface area contributed by atoms with Crippen LogP contribution in [0.25, 0.3) is 33.4 Å². The standard InChI is InChI=1S/C24H25FN6O/c25-17-5-3-16(4-6-17)23-22(15-9-12-28-13-10-15)19-7-8-20(30-24(19)31-23)29-21(32)14-18(27)2-1-11-26/h3-10,12-13,18H,1-2,11,14,26-27H2,(H2,29,30,31,32)/t18-/m0/s1. The molecule has 0 bridgehead atoms. The number of H-pyrrole nitrogens is 1. The van der Waals surface area contributed by atoms with Crippen LogP contribution in [-0.2, 0) is 4.79 Å². The van der Waals surface area contributed by atoms with E-state index >= 15 is 0 Å². The predicted molar refractivity (Wildman–Crippen MR) is 124 cm³/mol. The summed E-state index contributed by atoms with van der Waals surface area (Å²) in [6.07, 6.45) is 5.12. The lowest BCUT2D eigenvalue weighted by Gasteiger charge is -2.10. The Morgan fingerprint density at radius 2 is 1.81 bits per heavy atom. The number of halogens is 1. The molecule has 0 saturated heterocycles. The molecular formula is C24H25FN6O. The Morgan fingerprint density at radius 1 is 1.06 bits per heavy atom. The number of aromatic amines is 1. The molecule has 4 rings (SSSR count). The molecule has 0 radical (unpaired) electrons. The lowest BCUT2D eigenvalue weighted by Crippen LogP contribution is -2.27. The summed E-state index contributed by atoms with van der Waals surface area (Å²) in [4.78, 5) is 24.4. The monoisotopic (exact) mass is 432 g/mol. The summed E-state index contributed by atoms with van der Waals surface area (Å²) < 4.78 is 13.5. The van der Waals surface area contributed by atoms with Crippen molar-refractivity contribution >= 4 is 22.8 Å². The van der Waals surface area contributed by atoms with Crippen molar-refractivity contribution in [1.82, 2.24) is 15.0 Å². The van der Waals surface area contributed by atoms with Crippen LogP contribution in [0, 0.1) is 5.82 Å². The van der Waals surface area contributed by atoms with Gasteiger partial charge in [-0.25, -0.2) is 9.37 Å². The molecule has 0 unspecified atom stereocenters. The second-order valence-corrected chi connectivity index (χ2v) is 7.65. The molecule has 7 nitrogen and oxygen atoms in total. The highest BCUT2D eigenvalue weighted by atomic mass is 19.1. The molecule has 6 N–H and O–H groups in total. The third-order valence-electron chi connectivity index (χ3n) is 5.25. The molecule has 3 heterocycles. The average Bonchev–Trinajstić information content (AvgIpc) is 3.17. The first-order valence-corrected chi connectivity index (χ1v) is 10.5. The van der Waals surface area contributed by atoms with Gasteiger partial charge in [-0.15, -0.1) is 0 Å². The number of nitrogens with zero attached hydrogens (tertiary/aromatic N) is 2. The van der Waals surface area contributed by atoms with Crippen LogP contribution in [0.1, 0.15) is 19.3 Å². The van der Waals surface area contributed by atoms with Gasteiger partial charge in [-0.05, 0) is 79.0 Å². The van der Waals surface area contributed by atoms with Crippen molar-refractivity contribution < 1.29 is 9.18 Å². The fraction of sp³-hybridized carbons (Fsp3) is 0.208. The number of amides is 1. The van der Waals surface area contributed by atoms with Crippen LogP contribution in [0.4, 0.5) is 10.2 Å².